The van der Waals surface area contributed by atoms with E-state index < -0.39 is 18.3 Å². The third kappa shape index (κ3) is 6.56. The van der Waals surface area contributed by atoms with Gasteiger partial charge in [-0.3, -0.25) is 4.79 Å². The molecule has 1 aromatic carbocycles. The molecule has 0 spiro atoms. The molecule has 10 heteroatoms. The van der Waals surface area contributed by atoms with E-state index in [9.17, 15) is 9.59 Å². The van der Waals surface area contributed by atoms with Crippen molar-refractivity contribution in [1.82, 2.24) is 19.8 Å². The van der Waals surface area contributed by atoms with Crippen molar-refractivity contribution in [2.75, 3.05) is 0 Å². The van der Waals surface area contributed by atoms with Crippen LogP contribution in [0.5, 0.6) is 0 Å². The Kier molecular flexibility index (Phi) is 9.56. The van der Waals surface area contributed by atoms with Gasteiger partial charge in [-0.2, -0.15) is 39.0 Å². The summed E-state index contributed by atoms with van der Waals surface area (Å²) in [4.78, 5) is 29.2. The van der Waals surface area contributed by atoms with Crippen LogP contribution >= 0.6 is 0 Å². The van der Waals surface area contributed by atoms with Gasteiger partial charge in [-0.15, -0.1) is 0 Å². The van der Waals surface area contributed by atoms with Crippen molar-refractivity contribution in [3.63, 3.8) is 0 Å². The van der Waals surface area contributed by atoms with Crippen LogP contribution in [0, 0.1) is 19.9 Å². The summed E-state index contributed by atoms with van der Waals surface area (Å²) in [5.74, 6) is -0.438. The van der Waals surface area contributed by atoms with Gasteiger partial charge >= 0.3 is 6.16 Å². The molecule has 0 saturated heterocycles. The van der Waals surface area contributed by atoms with Crippen LogP contribution in [0.15, 0.2) is 17.1 Å². The predicted octanol–water partition coefficient (Wildman–Crippen LogP) is 3.26. The maximum Gasteiger partial charge on any atom is 0.510 e. The van der Waals surface area contributed by atoms with Gasteiger partial charge < -0.3 is 9.47 Å². The van der Waals surface area contributed by atoms with Gasteiger partial charge in [0.15, 0.2) is 0 Å². The van der Waals surface area contributed by atoms with E-state index in [1.807, 2.05) is 26.8 Å². The van der Waals surface area contributed by atoms with E-state index in [0.717, 1.165) is 31.2 Å². The summed E-state index contributed by atoms with van der Waals surface area (Å²) in [5, 5.41) is 8.02. The monoisotopic (exact) mass is 503 g/mol. The van der Waals surface area contributed by atoms with Crippen molar-refractivity contribution in [3.8, 4) is 0 Å². The topological polar surface area (TPSA) is 101 Å². The molecule has 31 heavy (non-hydrogen) atoms. The van der Waals surface area contributed by atoms with Gasteiger partial charge in [0.2, 0.25) is 12.1 Å². The SMILES string of the molecule is CCn1nnn(C(C)OC(=O)OC2CCCCC2)c1=NC(=O)c1ccc(C)[c-]c1C.[Y]. The first-order valence-corrected chi connectivity index (χ1v) is 10.4. The minimum Gasteiger partial charge on any atom is -0.431 e. The second-order valence-electron chi connectivity index (χ2n) is 7.48. The molecule has 9 nitrogen and oxygen atoms in total. The molecule has 1 saturated carbocycles. The maximum absolute atomic E-state index is 12.8. The van der Waals surface area contributed by atoms with E-state index in [1.165, 1.54) is 15.8 Å². The van der Waals surface area contributed by atoms with Crippen molar-refractivity contribution < 1.29 is 51.8 Å². The Morgan fingerprint density at radius 3 is 2.58 bits per heavy atom. The fourth-order valence-corrected chi connectivity index (χ4v) is 3.50. The van der Waals surface area contributed by atoms with Gasteiger partial charge in [0.25, 0.3) is 5.62 Å². The van der Waals surface area contributed by atoms with Crippen LogP contribution in [-0.2, 0) is 48.7 Å². The summed E-state index contributed by atoms with van der Waals surface area (Å²) in [6, 6.07) is 6.65. The summed E-state index contributed by atoms with van der Waals surface area (Å²) in [6.07, 6.45) is 3.27. The Morgan fingerprint density at radius 2 is 1.94 bits per heavy atom. The molecule has 1 radical (unpaired) electrons. The van der Waals surface area contributed by atoms with E-state index in [0.29, 0.717) is 17.7 Å². The molecule has 1 unspecified atom stereocenters. The summed E-state index contributed by atoms with van der Waals surface area (Å²) in [5.41, 5.74) is 2.30. The van der Waals surface area contributed by atoms with Crippen molar-refractivity contribution in [2.24, 2.45) is 4.99 Å². The molecule has 1 aliphatic carbocycles. The minimum absolute atomic E-state index is 0. The molecule has 1 atom stereocenters. The van der Waals surface area contributed by atoms with Gasteiger partial charge in [0.05, 0.1) is 0 Å². The summed E-state index contributed by atoms with van der Waals surface area (Å²) in [6.45, 7) is 7.66. The smallest absolute Gasteiger partial charge is 0.431 e. The van der Waals surface area contributed by atoms with Crippen molar-refractivity contribution in [2.45, 2.75) is 78.7 Å². The third-order valence-corrected chi connectivity index (χ3v) is 5.13. The van der Waals surface area contributed by atoms with E-state index >= 15 is 0 Å². The maximum atomic E-state index is 12.8. The standard InChI is InChI=1S/C21H28N5O4.Y/c1-5-25-20(22-19(27)18-12-11-14(2)13-15(18)3)26(24-23-25)16(4)29-21(28)30-17-9-7-6-8-10-17;/h11-12,16-17H,5-10H2,1-4H3;/q-1;. The average molecular weight is 503 g/mol. The number of carbonyl (C=O) groups excluding carboxylic acids is 2. The number of carbonyl (C=O) groups is 2. The Labute approximate surface area is 207 Å². The fourth-order valence-electron chi connectivity index (χ4n) is 3.50. The second-order valence-corrected chi connectivity index (χ2v) is 7.48. The van der Waals surface area contributed by atoms with Crippen LogP contribution in [-0.4, -0.2) is 38.0 Å². The summed E-state index contributed by atoms with van der Waals surface area (Å²) in [7, 11) is 0. The number of nitrogens with zero attached hydrogens (tertiary/aromatic N) is 5. The van der Waals surface area contributed by atoms with E-state index in [-0.39, 0.29) is 44.4 Å². The van der Waals surface area contributed by atoms with Crippen LogP contribution in [0.4, 0.5) is 4.79 Å². The first-order chi connectivity index (χ1) is 14.4. The second kappa shape index (κ2) is 11.7. The van der Waals surface area contributed by atoms with Crippen LogP contribution in [0.2, 0.25) is 0 Å². The number of ether oxygens (including phenoxy) is 2. The number of tetrazole rings is 1. The number of hydrogen-bond donors (Lipinski definition) is 0. The van der Waals surface area contributed by atoms with Crippen molar-refractivity contribution in [3.05, 3.63) is 40.5 Å². The molecule has 1 amide bonds. The van der Waals surface area contributed by atoms with E-state index in [2.05, 4.69) is 21.5 Å². The summed E-state index contributed by atoms with van der Waals surface area (Å²) >= 11 is 0. The fraction of sp³-hybridized carbons (Fsp3) is 0.571. The molecule has 3 rings (SSSR count). The zero-order valence-electron chi connectivity index (χ0n) is 18.5. The Hall–Kier alpha value is -1.87. The number of hydrogen-bond acceptors (Lipinski definition) is 6. The number of benzene rings is 1. The number of rotatable bonds is 5. The van der Waals surface area contributed by atoms with E-state index in [1.54, 1.807) is 13.0 Å². The summed E-state index contributed by atoms with van der Waals surface area (Å²) < 4.78 is 13.5. The molecule has 1 aromatic heterocycles. The molecule has 1 fully saturated rings. The zero-order valence-corrected chi connectivity index (χ0v) is 21.3. The molecular formula is C21H28N5O4Y-. The minimum atomic E-state index is -0.835. The van der Waals surface area contributed by atoms with Crippen LogP contribution < -0.4 is 5.62 Å². The Balaban J connectivity index is 0.00000341. The molecule has 1 aliphatic rings. The van der Waals surface area contributed by atoms with E-state index in [4.69, 9.17) is 9.47 Å². The van der Waals surface area contributed by atoms with Crippen molar-refractivity contribution >= 4 is 12.1 Å². The van der Waals surface area contributed by atoms with Crippen LogP contribution in [0.3, 0.4) is 0 Å². The molecule has 2 aromatic rings. The van der Waals surface area contributed by atoms with Crippen molar-refractivity contribution in [1.29, 1.82) is 0 Å². The molecule has 0 N–H and O–H groups in total. The van der Waals surface area contributed by atoms with Crippen LogP contribution in [0.1, 0.15) is 73.7 Å². The average Bonchev–Trinajstić information content (AvgIpc) is 3.11. The quantitative estimate of drug-likeness (QED) is 0.459. The van der Waals surface area contributed by atoms with Gasteiger partial charge in [-0.25, -0.2) is 9.48 Å². The normalized spacial score (nSPS) is 15.8. The molecule has 1 heterocycles. The third-order valence-electron chi connectivity index (χ3n) is 5.13. The van der Waals surface area contributed by atoms with Crippen LogP contribution in [0.25, 0.3) is 0 Å². The predicted molar refractivity (Wildman–Crippen MR) is 107 cm³/mol. The first-order valence-electron chi connectivity index (χ1n) is 10.4. The molecule has 0 aliphatic heterocycles. The molecule has 0 bridgehead atoms. The van der Waals surface area contributed by atoms with Gasteiger partial charge in [0, 0.05) is 39.3 Å². The number of aromatic nitrogens is 4. The number of aryl methyl sites for hydroxylation is 3. The zero-order chi connectivity index (χ0) is 21.7. The van der Waals surface area contributed by atoms with Gasteiger partial charge in [0.1, 0.15) is 6.10 Å². The molecule has 165 valence electrons. The Bertz CT molecular complexity index is 978. The van der Waals surface area contributed by atoms with Gasteiger partial charge in [-0.05, 0) is 50.0 Å². The Morgan fingerprint density at radius 1 is 1.23 bits per heavy atom. The number of amides is 1. The first kappa shape index (κ1) is 25.4. The largest absolute Gasteiger partial charge is 0.510 e. The van der Waals surface area contributed by atoms with Gasteiger partial charge in [-0.1, -0.05) is 25.8 Å². The molecular weight excluding hydrogens is 475 g/mol.